The van der Waals surface area contributed by atoms with Crippen molar-refractivity contribution >= 4 is 11.8 Å². The van der Waals surface area contributed by atoms with Gasteiger partial charge in [0.25, 0.3) is 11.5 Å². The largest absolute Gasteiger partial charge is 0.431 e. The number of hydrogen-bond donors (Lipinski definition) is 2. The van der Waals surface area contributed by atoms with Gasteiger partial charge in [-0.2, -0.15) is 13.2 Å². The summed E-state index contributed by atoms with van der Waals surface area (Å²) in [5.74, 6) is -0.657. The molecule has 2 aliphatic rings. The molecule has 1 aromatic rings. The maximum absolute atomic E-state index is 12.6. The van der Waals surface area contributed by atoms with E-state index in [1.54, 1.807) is 9.88 Å². The van der Waals surface area contributed by atoms with Gasteiger partial charge in [0.2, 0.25) is 5.91 Å². The van der Waals surface area contributed by atoms with Crippen LogP contribution in [0.15, 0.2) is 16.9 Å². The van der Waals surface area contributed by atoms with Gasteiger partial charge in [0, 0.05) is 32.2 Å². The minimum absolute atomic E-state index is 0.0390. The number of halogens is 3. The van der Waals surface area contributed by atoms with E-state index in [1.165, 1.54) is 4.90 Å². The van der Waals surface area contributed by atoms with Gasteiger partial charge in [-0.05, 0) is 25.0 Å². The molecular formula is C16H19F3N4O3. The van der Waals surface area contributed by atoms with E-state index in [1.807, 2.05) is 0 Å². The molecule has 142 valence electrons. The van der Waals surface area contributed by atoms with Crippen LogP contribution in [0.4, 0.5) is 13.2 Å². The molecule has 1 atom stereocenters. The van der Waals surface area contributed by atoms with E-state index in [2.05, 4.69) is 5.32 Å². The van der Waals surface area contributed by atoms with Crippen LogP contribution in [0.1, 0.15) is 28.9 Å². The lowest BCUT2D eigenvalue weighted by atomic mass is 10.0. The molecule has 2 amide bonds. The van der Waals surface area contributed by atoms with Crippen LogP contribution >= 0.6 is 0 Å². The van der Waals surface area contributed by atoms with Gasteiger partial charge in [0.05, 0.1) is 6.54 Å². The fraction of sp³-hybridized carbons (Fsp3) is 0.562. The van der Waals surface area contributed by atoms with Crippen LogP contribution in [0.25, 0.3) is 0 Å². The maximum Gasteiger partial charge on any atom is 0.431 e. The van der Waals surface area contributed by atoms with E-state index in [-0.39, 0.29) is 30.6 Å². The number of rotatable bonds is 2. The van der Waals surface area contributed by atoms with Crippen molar-refractivity contribution in [3.05, 3.63) is 33.7 Å². The lowest BCUT2D eigenvalue weighted by molar-refractivity contribution is -0.141. The fourth-order valence-electron chi connectivity index (χ4n) is 3.38. The summed E-state index contributed by atoms with van der Waals surface area (Å²) in [4.78, 5) is 41.4. The highest BCUT2D eigenvalue weighted by atomic mass is 19.4. The number of hydrogen-bond acceptors (Lipinski definition) is 4. The van der Waals surface area contributed by atoms with Crippen molar-refractivity contribution in [1.82, 2.24) is 20.1 Å². The Balaban J connectivity index is 1.75. The van der Waals surface area contributed by atoms with Crippen molar-refractivity contribution in [2.45, 2.75) is 25.1 Å². The molecule has 0 aromatic carbocycles. The molecule has 1 unspecified atom stereocenters. The zero-order chi connectivity index (χ0) is 18.9. The van der Waals surface area contributed by atoms with E-state index in [0.717, 1.165) is 12.5 Å². The molecule has 0 aliphatic carbocycles. The highest BCUT2D eigenvalue weighted by Crippen LogP contribution is 2.26. The zero-order valence-corrected chi connectivity index (χ0v) is 13.9. The molecule has 0 saturated carbocycles. The van der Waals surface area contributed by atoms with E-state index >= 15 is 0 Å². The number of aromatic amines is 1. The third kappa shape index (κ3) is 3.74. The van der Waals surface area contributed by atoms with Crippen molar-refractivity contribution < 1.29 is 22.8 Å². The van der Waals surface area contributed by atoms with Crippen LogP contribution in [0.2, 0.25) is 0 Å². The number of likely N-dealkylation sites (tertiary alicyclic amines) is 1. The topological polar surface area (TPSA) is 85.5 Å². The second kappa shape index (κ2) is 7.10. The highest BCUT2D eigenvalue weighted by molar-refractivity contribution is 5.94. The first-order chi connectivity index (χ1) is 12.3. The van der Waals surface area contributed by atoms with Gasteiger partial charge in [0.15, 0.2) is 0 Å². The van der Waals surface area contributed by atoms with E-state index < -0.39 is 23.3 Å². The predicted octanol–water partition coefficient (Wildman–Crippen LogP) is 0.430. The molecule has 0 spiro atoms. The first-order valence-electron chi connectivity index (χ1n) is 8.37. The van der Waals surface area contributed by atoms with Gasteiger partial charge in [-0.15, -0.1) is 0 Å². The van der Waals surface area contributed by atoms with Crippen LogP contribution in [-0.4, -0.2) is 65.4 Å². The number of pyridine rings is 1. The zero-order valence-electron chi connectivity index (χ0n) is 13.9. The number of H-pyrrole nitrogens is 1. The third-order valence-electron chi connectivity index (χ3n) is 4.70. The number of amides is 2. The number of nitrogens with zero attached hydrogens (tertiary/aromatic N) is 2. The molecule has 1 aromatic heterocycles. The van der Waals surface area contributed by atoms with Crippen molar-refractivity contribution in [3.8, 4) is 0 Å². The number of carbonyl (C=O) groups excluding carboxylic acids is 2. The Kier molecular flexibility index (Phi) is 5.03. The first-order valence-corrected chi connectivity index (χ1v) is 8.37. The molecule has 3 heterocycles. The Morgan fingerprint density at radius 3 is 2.62 bits per heavy atom. The molecule has 2 fully saturated rings. The summed E-state index contributed by atoms with van der Waals surface area (Å²) in [7, 11) is 0. The van der Waals surface area contributed by atoms with E-state index in [9.17, 15) is 27.6 Å². The van der Waals surface area contributed by atoms with Crippen molar-refractivity contribution in [1.29, 1.82) is 0 Å². The molecule has 26 heavy (non-hydrogen) atoms. The van der Waals surface area contributed by atoms with Crippen LogP contribution < -0.4 is 10.9 Å². The first kappa shape index (κ1) is 18.4. The summed E-state index contributed by atoms with van der Waals surface area (Å²) in [5.41, 5.74) is -2.59. The molecule has 0 radical (unpaired) electrons. The third-order valence-corrected chi connectivity index (χ3v) is 4.70. The quantitative estimate of drug-likeness (QED) is 0.789. The molecule has 3 rings (SSSR count). The summed E-state index contributed by atoms with van der Waals surface area (Å²) in [6.45, 7) is 2.14. The fourth-order valence-corrected chi connectivity index (χ4v) is 3.38. The number of piperidine rings is 1. The summed E-state index contributed by atoms with van der Waals surface area (Å²) < 4.78 is 37.9. The van der Waals surface area contributed by atoms with Crippen molar-refractivity contribution in [2.75, 3.05) is 32.7 Å². The minimum atomic E-state index is -4.68. The average molecular weight is 372 g/mol. The number of piperazine rings is 1. The Morgan fingerprint density at radius 1 is 1.19 bits per heavy atom. The normalized spacial score (nSPS) is 21.8. The van der Waals surface area contributed by atoms with Crippen LogP contribution in [-0.2, 0) is 11.0 Å². The minimum Gasteiger partial charge on any atom is -0.336 e. The number of alkyl halides is 3. The lowest BCUT2D eigenvalue weighted by Crippen LogP contribution is -2.57. The number of carbonyl (C=O) groups is 2. The van der Waals surface area contributed by atoms with Crippen LogP contribution in [0, 0.1) is 0 Å². The van der Waals surface area contributed by atoms with E-state index in [4.69, 9.17) is 0 Å². The number of aromatic nitrogens is 1. The second-order valence-corrected chi connectivity index (χ2v) is 6.42. The van der Waals surface area contributed by atoms with Gasteiger partial charge < -0.3 is 20.1 Å². The molecule has 10 heteroatoms. The summed E-state index contributed by atoms with van der Waals surface area (Å²) >= 11 is 0. The van der Waals surface area contributed by atoms with Gasteiger partial charge in [0.1, 0.15) is 11.3 Å². The van der Waals surface area contributed by atoms with Crippen LogP contribution in [0.3, 0.4) is 0 Å². The monoisotopic (exact) mass is 372 g/mol. The van der Waals surface area contributed by atoms with E-state index in [0.29, 0.717) is 32.1 Å². The Bertz CT molecular complexity index is 762. The Morgan fingerprint density at radius 2 is 1.96 bits per heavy atom. The summed E-state index contributed by atoms with van der Waals surface area (Å²) in [6, 6.07) is 1.45. The maximum atomic E-state index is 12.6. The Hall–Kier alpha value is -2.36. The Labute approximate surface area is 147 Å². The average Bonchev–Trinajstić information content (AvgIpc) is 2.61. The molecular weight excluding hydrogens is 353 g/mol. The van der Waals surface area contributed by atoms with Crippen molar-refractivity contribution in [2.24, 2.45) is 0 Å². The standard InChI is InChI=1S/C16H19F3N4O3/c17-16(18,19)12-4-3-11(14(25)21-12)15(26)22-6-1-2-10(9-22)23-7-5-20-8-13(23)24/h3-4,10,20H,1-2,5-9H2,(H,21,25). The molecule has 7 nitrogen and oxygen atoms in total. The predicted molar refractivity (Wildman–Crippen MR) is 85.6 cm³/mol. The van der Waals surface area contributed by atoms with Crippen LogP contribution in [0.5, 0.6) is 0 Å². The molecule has 2 saturated heterocycles. The summed E-state index contributed by atoms with van der Waals surface area (Å²) in [6.07, 6.45) is -3.27. The molecule has 2 aliphatic heterocycles. The summed E-state index contributed by atoms with van der Waals surface area (Å²) in [5, 5.41) is 2.98. The van der Waals surface area contributed by atoms with Gasteiger partial charge in [-0.3, -0.25) is 14.4 Å². The highest BCUT2D eigenvalue weighted by Gasteiger charge is 2.34. The van der Waals surface area contributed by atoms with Gasteiger partial charge >= 0.3 is 6.18 Å². The van der Waals surface area contributed by atoms with Gasteiger partial charge in [-0.1, -0.05) is 0 Å². The SMILES string of the molecule is O=C(c1ccc(C(F)(F)F)[nH]c1=O)N1CCCC(N2CCNCC2=O)C1. The molecule has 0 bridgehead atoms. The number of nitrogens with one attached hydrogen (secondary N) is 2. The lowest BCUT2D eigenvalue weighted by Gasteiger charge is -2.41. The van der Waals surface area contributed by atoms with Crippen molar-refractivity contribution in [3.63, 3.8) is 0 Å². The smallest absolute Gasteiger partial charge is 0.336 e. The van der Waals surface area contributed by atoms with Gasteiger partial charge in [-0.25, -0.2) is 0 Å². The molecule has 2 N–H and O–H groups in total. The second-order valence-electron chi connectivity index (χ2n) is 6.42.